The van der Waals surface area contributed by atoms with E-state index in [9.17, 15) is 0 Å². The first-order chi connectivity index (χ1) is 8.45. The topological polar surface area (TPSA) is 42.7 Å². The molecule has 3 rings (SSSR count). The molecule has 1 aliphatic rings. The Kier molecular flexibility index (Phi) is 3.20. The van der Waals surface area contributed by atoms with E-state index in [4.69, 9.17) is 0 Å². The molecule has 0 saturated carbocycles. The van der Waals surface area contributed by atoms with E-state index >= 15 is 0 Å². The Bertz CT molecular complexity index is 455. The second kappa shape index (κ2) is 4.98. The number of hydrogen-bond donors (Lipinski definition) is 1. The molecule has 0 aliphatic carbocycles. The van der Waals surface area contributed by atoms with Gasteiger partial charge in [0, 0.05) is 0 Å². The van der Waals surface area contributed by atoms with E-state index < -0.39 is 0 Å². The maximum absolute atomic E-state index is 4.28. The van der Waals surface area contributed by atoms with Crippen LogP contribution in [0.25, 0.3) is 10.6 Å². The molecule has 0 spiro atoms. The number of aromatic nitrogens is 3. The standard InChI is InChI=1S/C12H16N4S/c1-3-10(5-7-13-6-1)16-11(9-14-15-16)12-4-2-8-17-12/h2,4,8-10,13H,1,3,5-7H2. The monoisotopic (exact) mass is 248 g/mol. The van der Waals surface area contributed by atoms with Gasteiger partial charge in [-0.3, -0.25) is 0 Å². The number of nitrogens with zero attached hydrogens (tertiary/aromatic N) is 3. The van der Waals surface area contributed by atoms with Gasteiger partial charge in [0.05, 0.1) is 22.8 Å². The van der Waals surface area contributed by atoms with Crippen LogP contribution in [0, 0.1) is 0 Å². The molecule has 17 heavy (non-hydrogen) atoms. The zero-order chi connectivity index (χ0) is 11.5. The molecule has 0 amide bonds. The summed E-state index contributed by atoms with van der Waals surface area (Å²) in [7, 11) is 0. The first kappa shape index (κ1) is 10.9. The smallest absolute Gasteiger partial charge is 0.0988 e. The Morgan fingerprint density at radius 3 is 3.24 bits per heavy atom. The molecule has 2 aromatic rings. The Labute approximate surface area is 105 Å². The van der Waals surface area contributed by atoms with Crippen molar-refractivity contribution in [1.82, 2.24) is 20.3 Å². The summed E-state index contributed by atoms with van der Waals surface area (Å²) in [5, 5.41) is 13.9. The lowest BCUT2D eigenvalue weighted by atomic mass is 10.1. The molecule has 0 radical (unpaired) electrons. The van der Waals surface area contributed by atoms with E-state index in [1.807, 2.05) is 6.20 Å². The van der Waals surface area contributed by atoms with Gasteiger partial charge in [-0.15, -0.1) is 16.4 Å². The normalized spacial score (nSPS) is 21.3. The lowest BCUT2D eigenvalue weighted by Gasteiger charge is -2.15. The average Bonchev–Trinajstić information content (AvgIpc) is 2.95. The minimum atomic E-state index is 0.490. The number of thiophene rings is 1. The van der Waals surface area contributed by atoms with Crippen LogP contribution in [-0.4, -0.2) is 28.1 Å². The molecule has 1 N–H and O–H groups in total. The number of rotatable bonds is 2. The summed E-state index contributed by atoms with van der Waals surface area (Å²) in [6.45, 7) is 2.20. The van der Waals surface area contributed by atoms with Gasteiger partial charge in [-0.25, -0.2) is 4.68 Å². The number of hydrogen-bond acceptors (Lipinski definition) is 4. The summed E-state index contributed by atoms with van der Waals surface area (Å²) < 4.78 is 2.11. The molecule has 2 aromatic heterocycles. The van der Waals surface area contributed by atoms with Gasteiger partial charge < -0.3 is 5.32 Å². The van der Waals surface area contributed by atoms with Gasteiger partial charge in [0.15, 0.2) is 0 Å². The van der Waals surface area contributed by atoms with E-state index in [-0.39, 0.29) is 0 Å². The van der Waals surface area contributed by atoms with E-state index in [0.29, 0.717) is 6.04 Å². The molecule has 4 nitrogen and oxygen atoms in total. The minimum absolute atomic E-state index is 0.490. The quantitative estimate of drug-likeness (QED) is 0.887. The van der Waals surface area contributed by atoms with E-state index in [1.165, 1.54) is 17.7 Å². The maximum Gasteiger partial charge on any atom is 0.0988 e. The van der Waals surface area contributed by atoms with Crippen LogP contribution in [0.5, 0.6) is 0 Å². The highest BCUT2D eigenvalue weighted by Gasteiger charge is 2.18. The van der Waals surface area contributed by atoms with Gasteiger partial charge in [0.2, 0.25) is 0 Å². The largest absolute Gasteiger partial charge is 0.317 e. The van der Waals surface area contributed by atoms with Gasteiger partial charge in [0.1, 0.15) is 0 Å². The van der Waals surface area contributed by atoms with Gasteiger partial charge in [0.25, 0.3) is 0 Å². The van der Waals surface area contributed by atoms with Crippen LogP contribution in [0.15, 0.2) is 23.7 Å². The van der Waals surface area contributed by atoms with E-state index in [0.717, 1.165) is 25.2 Å². The fourth-order valence-corrected chi connectivity index (χ4v) is 3.09. The number of nitrogens with one attached hydrogen (secondary N) is 1. The summed E-state index contributed by atoms with van der Waals surface area (Å²) in [6, 6.07) is 4.70. The van der Waals surface area contributed by atoms with E-state index in [1.54, 1.807) is 11.3 Å². The van der Waals surface area contributed by atoms with Crippen molar-refractivity contribution in [2.75, 3.05) is 13.1 Å². The van der Waals surface area contributed by atoms with Crippen LogP contribution in [0.1, 0.15) is 25.3 Å². The van der Waals surface area contributed by atoms with E-state index in [2.05, 4.69) is 37.8 Å². The van der Waals surface area contributed by atoms with Gasteiger partial charge in [-0.2, -0.15) is 0 Å². The zero-order valence-corrected chi connectivity index (χ0v) is 10.5. The van der Waals surface area contributed by atoms with Crippen molar-refractivity contribution in [2.24, 2.45) is 0 Å². The second-order valence-electron chi connectivity index (χ2n) is 4.38. The fraction of sp³-hybridized carbons (Fsp3) is 0.500. The summed E-state index contributed by atoms with van der Waals surface area (Å²) in [5.41, 5.74) is 1.16. The van der Waals surface area contributed by atoms with Gasteiger partial charge in [-0.05, 0) is 43.8 Å². The highest BCUT2D eigenvalue weighted by molar-refractivity contribution is 7.13. The molecule has 3 heterocycles. The van der Waals surface area contributed by atoms with Crippen molar-refractivity contribution in [3.05, 3.63) is 23.7 Å². The Morgan fingerprint density at radius 1 is 1.35 bits per heavy atom. The van der Waals surface area contributed by atoms with Crippen molar-refractivity contribution >= 4 is 11.3 Å². The van der Waals surface area contributed by atoms with Gasteiger partial charge >= 0.3 is 0 Å². The molecular formula is C12H16N4S. The van der Waals surface area contributed by atoms with Crippen LogP contribution < -0.4 is 5.32 Å². The first-order valence-electron chi connectivity index (χ1n) is 6.10. The lowest BCUT2D eigenvalue weighted by Crippen LogP contribution is -2.16. The fourth-order valence-electron chi connectivity index (χ4n) is 2.36. The summed E-state index contributed by atoms with van der Waals surface area (Å²) in [4.78, 5) is 1.26. The molecule has 1 unspecified atom stereocenters. The van der Waals surface area contributed by atoms with Crippen molar-refractivity contribution in [3.63, 3.8) is 0 Å². The van der Waals surface area contributed by atoms with Crippen LogP contribution in [-0.2, 0) is 0 Å². The SMILES string of the molecule is c1csc(-c2cnnn2C2CCCNCC2)c1. The summed E-state index contributed by atoms with van der Waals surface area (Å²) in [5.74, 6) is 0. The Balaban J connectivity index is 1.90. The molecule has 1 atom stereocenters. The molecule has 1 fully saturated rings. The molecule has 5 heteroatoms. The zero-order valence-electron chi connectivity index (χ0n) is 9.67. The average molecular weight is 248 g/mol. The third kappa shape index (κ3) is 2.25. The van der Waals surface area contributed by atoms with Crippen molar-refractivity contribution in [1.29, 1.82) is 0 Å². The maximum atomic E-state index is 4.28. The predicted molar refractivity (Wildman–Crippen MR) is 69.1 cm³/mol. The van der Waals surface area contributed by atoms with Crippen LogP contribution in [0.2, 0.25) is 0 Å². The molecule has 0 bridgehead atoms. The Hall–Kier alpha value is -1.20. The molecule has 90 valence electrons. The highest BCUT2D eigenvalue weighted by Crippen LogP contribution is 2.28. The second-order valence-corrected chi connectivity index (χ2v) is 5.32. The molecular weight excluding hydrogens is 232 g/mol. The minimum Gasteiger partial charge on any atom is -0.317 e. The predicted octanol–water partition coefficient (Wildman–Crippen LogP) is 2.32. The van der Waals surface area contributed by atoms with Crippen LogP contribution in [0.3, 0.4) is 0 Å². The van der Waals surface area contributed by atoms with Crippen molar-refractivity contribution in [3.8, 4) is 10.6 Å². The summed E-state index contributed by atoms with van der Waals surface area (Å²) >= 11 is 1.75. The van der Waals surface area contributed by atoms with Crippen molar-refractivity contribution in [2.45, 2.75) is 25.3 Å². The Morgan fingerprint density at radius 2 is 2.35 bits per heavy atom. The third-order valence-corrected chi connectivity index (χ3v) is 4.13. The molecule has 1 saturated heterocycles. The molecule has 1 aliphatic heterocycles. The lowest BCUT2D eigenvalue weighted by molar-refractivity contribution is 0.409. The van der Waals surface area contributed by atoms with Crippen LogP contribution in [0.4, 0.5) is 0 Å². The third-order valence-electron chi connectivity index (χ3n) is 3.24. The van der Waals surface area contributed by atoms with Crippen LogP contribution >= 0.6 is 11.3 Å². The highest BCUT2D eigenvalue weighted by atomic mass is 32.1. The first-order valence-corrected chi connectivity index (χ1v) is 6.98. The van der Waals surface area contributed by atoms with Gasteiger partial charge in [-0.1, -0.05) is 11.3 Å². The summed E-state index contributed by atoms with van der Waals surface area (Å²) in [6.07, 6.45) is 5.43. The molecule has 0 aromatic carbocycles. The van der Waals surface area contributed by atoms with Crippen molar-refractivity contribution < 1.29 is 0 Å².